The van der Waals surface area contributed by atoms with Gasteiger partial charge in [-0.2, -0.15) is 0 Å². The van der Waals surface area contributed by atoms with Gasteiger partial charge in [0.2, 0.25) is 10.0 Å². The minimum Gasteiger partial charge on any atom is -0.264 e. The summed E-state index contributed by atoms with van der Waals surface area (Å²) in [4.78, 5) is 8.37. The lowest BCUT2D eigenvalue weighted by molar-refractivity contribution is 0.580. The molecule has 1 N–H and O–H groups in total. The molecule has 0 aliphatic heterocycles. The van der Waals surface area contributed by atoms with Crippen LogP contribution >= 0.6 is 0 Å². The smallest absolute Gasteiger partial charge is 0.216 e. The van der Waals surface area contributed by atoms with Crippen molar-refractivity contribution in [3.8, 4) is 11.3 Å². The van der Waals surface area contributed by atoms with Gasteiger partial charge in [-0.1, -0.05) is 18.2 Å². The molecule has 0 radical (unpaired) electrons. The van der Waals surface area contributed by atoms with Gasteiger partial charge in [0.05, 0.1) is 11.4 Å². The first-order valence-electron chi connectivity index (χ1n) is 7.59. The predicted molar refractivity (Wildman–Crippen MR) is 93.3 cm³/mol. The Kier molecular flexibility index (Phi) is 5.16. The monoisotopic (exact) mass is 357 g/mol. The Bertz CT molecular complexity index is 928. The zero-order valence-corrected chi connectivity index (χ0v) is 14.1. The summed E-state index contributed by atoms with van der Waals surface area (Å²) >= 11 is 0. The van der Waals surface area contributed by atoms with E-state index in [9.17, 15) is 12.8 Å². The highest BCUT2D eigenvalue weighted by atomic mass is 32.2. The Labute approximate surface area is 145 Å². The topological polar surface area (TPSA) is 72.0 Å². The third kappa shape index (κ3) is 4.91. The molecule has 0 atom stereocenters. The third-order valence-corrected chi connectivity index (χ3v) is 4.85. The molecule has 7 heteroatoms. The first kappa shape index (κ1) is 17.2. The molecule has 2 aromatic heterocycles. The molecule has 0 fully saturated rings. The average molecular weight is 357 g/mol. The van der Waals surface area contributed by atoms with Crippen LogP contribution in [0.2, 0.25) is 0 Å². The molecule has 0 bridgehead atoms. The summed E-state index contributed by atoms with van der Waals surface area (Å²) in [5.41, 5.74) is 2.94. The molecule has 0 amide bonds. The van der Waals surface area contributed by atoms with Crippen molar-refractivity contribution in [3.63, 3.8) is 0 Å². The van der Waals surface area contributed by atoms with Gasteiger partial charge < -0.3 is 0 Å². The molecule has 5 nitrogen and oxygen atoms in total. The maximum Gasteiger partial charge on any atom is 0.216 e. The Balaban J connectivity index is 1.61. The molecule has 0 saturated heterocycles. The van der Waals surface area contributed by atoms with Gasteiger partial charge in [-0.05, 0) is 41.5 Å². The fourth-order valence-corrected chi connectivity index (χ4v) is 3.38. The molecule has 0 saturated carbocycles. The zero-order valence-electron chi connectivity index (χ0n) is 13.3. The summed E-state index contributed by atoms with van der Waals surface area (Å²) in [5, 5.41) is 0. The number of nitrogens with one attached hydrogen (secondary N) is 1. The lowest BCUT2D eigenvalue weighted by Gasteiger charge is -2.07. The van der Waals surface area contributed by atoms with Crippen LogP contribution in [0.5, 0.6) is 0 Å². The number of hydrogen-bond donors (Lipinski definition) is 1. The van der Waals surface area contributed by atoms with E-state index in [0.717, 1.165) is 16.8 Å². The van der Waals surface area contributed by atoms with E-state index in [2.05, 4.69) is 14.7 Å². The van der Waals surface area contributed by atoms with Crippen molar-refractivity contribution in [1.29, 1.82) is 0 Å². The standard InChI is InChI=1S/C18H16FN3O2S/c19-17-6-3-14(4-7-17)13-25(23,24)22-11-15-5-8-18(21-10-15)16-2-1-9-20-12-16/h1-10,12,22H,11,13H2. The van der Waals surface area contributed by atoms with Crippen molar-refractivity contribution in [2.24, 2.45) is 0 Å². The fourth-order valence-electron chi connectivity index (χ4n) is 2.26. The third-order valence-electron chi connectivity index (χ3n) is 3.55. The number of pyridine rings is 2. The molecule has 0 spiro atoms. The fraction of sp³-hybridized carbons (Fsp3) is 0.111. The molecule has 25 heavy (non-hydrogen) atoms. The van der Waals surface area contributed by atoms with Gasteiger partial charge in [-0.25, -0.2) is 17.5 Å². The van der Waals surface area contributed by atoms with E-state index in [1.807, 2.05) is 24.3 Å². The lowest BCUT2D eigenvalue weighted by atomic mass is 10.1. The van der Waals surface area contributed by atoms with Crippen LogP contribution in [-0.2, 0) is 22.3 Å². The number of benzene rings is 1. The Hall–Kier alpha value is -2.64. The van der Waals surface area contributed by atoms with Crippen molar-refractivity contribution in [2.45, 2.75) is 12.3 Å². The zero-order chi connectivity index (χ0) is 17.7. The Morgan fingerprint density at radius 3 is 2.36 bits per heavy atom. The second kappa shape index (κ2) is 7.50. The van der Waals surface area contributed by atoms with E-state index in [1.54, 1.807) is 18.6 Å². The van der Waals surface area contributed by atoms with E-state index < -0.39 is 15.8 Å². The second-order valence-electron chi connectivity index (χ2n) is 5.50. The largest absolute Gasteiger partial charge is 0.264 e. The lowest BCUT2D eigenvalue weighted by Crippen LogP contribution is -2.24. The molecule has 0 aliphatic rings. The molecule has 0 aliphatic carbocycles. The van der Waals surface area contributed by atoms with Crippen molar-refractivity contribution >= 4 is 10.0 Å². The summed E-state index contributed by atoms with van der Waals surface area (Å²) in [6.07, 6.45) is 5.03. The van der Waals surface area contributed by atoms with Crippen LogP contribution in [0.4, 0.5) is 4.39 Å². The number of nitrogens with zero attached hydrogens (tertiary/aromatic N) is 2. The molecule has 2 heterocycles. The van der Waals surface area contributed by atoms with Crippen LogP contribution in [0.25, 0.3) is 11.3 Å². The maximum atomic E-state index is 12.9. The first-order valence-corrected chi connectivity index (χ1v) is 9.24. The summed E-state index contributed by atoms with van der Waals surface area (Å²) in [6, 6.07) is 12.8. The van der Waals surface area contributed by atoms with E-state index in [4.69, 9.17) is 0 Å². The number of hydrogen-bond acceptors (Lipinski definition) is 4. The van der Waals surface area contributed by atoms with Crippen molar-refractivity contribution in [2.75, 3.05) is 0 Å². The highest BCUT2D eigenvalue weighted by Crippen LogP contribution is 2.15. The van der Waals surface area contributed by atoms with Crippen LogP contribution < -0.4 is 4.72 Å². The summed E-state index contributed by atoms with van der Waals surface area (Å²) in [5.74, 6) is -0.594. The second-order valence-corrected chi connectivity index (χ2v) is 7.31. The minimum atomic E-state index is -3.52. The predicted octanol–water partition coefficient (Wildman–Crippen LogP) is 2.90. The summed E-state index contributed by atoms with van der Waals surface area (Å²) < 4.78 is 39.6. The van der Waals surface area contributed by atoms with E-state index in [-0.39, 0.29) is 12.3 Å². The van der Waals surface area contributed by atoms with E-state index >= 15 is 0 Å². The number of rotatable bonds is 6. The van der Waals surface area contributed by atoms with E-state index in [1.165, 1.54) is 24.3 Å². The van der Waals surface area contributed by atoms with Crippen LogP contribution in [0, 0.1) is 5.82 Å². The summed E-state index contributed by atoms with van der Waals surface area (Å²) in [7, 11) is -3.52. The van der Waals surface area contributed by atoms with Crippen molar-refractivity contribution in [1.82, 2.24) is 14.7 Å². The minimum absolute atomic E-state index is 0.143. The Morgan fingerprint density at radius 1 is 0.960 bits per heavy atom. The molecular formula is C18H16FN3O2S. The first-order chi connectivity index (χ1) is 12.0. The highest BCUT2D eigenvalue weighted by Gasteiger charge is 2.11. The van der Waals surface area contributed by atoms with Gasteiger partial charge in [0.25, 0.3) is 0 Å². The molecule has 128 valence electrons. The van der Waals surface area contributed by atoms with E-state index in [0.29, 0.717) is 5.56 Å². The molecular weight excluding hydrogens is 341 g/mol. The van der Waals surface area contributed by atoms with Gasteiger partial charge in [0.15, 0.2) is 0 Å². The SMILES string of the molecule is O=S(=O)(Cc1ccc(F)cc1)NCc1ccc(-c2cccnc2)nc1. The van der Waals surface area contributed by atoms with Gasteiger partial charge in [-0.15, -0.1) is 0 Å². The maximum absolute atomic E-state index is 12.9. The molecule has 3 rings (SSSR count). The van der Waals surface area contributed by atoms with Crippen LogP contribution in [-0.4, -0.2) is 18.4 Å². The van der Waals surface area contributed by atoms with Gasteiger partial charge >= 0.3 is 0 Å². The molecule has 0 unspecified atom stereocenters. The average Bonchev–Trinajstić information content (AvgIpc) is 2.63. The summed E-state index contributed by atoms with van der Waals surface area (Å²) in [6.45, 7) is 0.143. The van der Waals surface area contributed by atoms with Gasteiger partial charge in [-0.3, -0.25) is 9.97 Å². The van der Waals surface area contributed by atoms with Crippen LogP contribution in [0.3, 0.4) is 0 Å². The van der Waals surface area contributed by atoms with Crippen molar-refractivity contribution < 1.29 is 12.8 Å². The quantitative estimate of drug-likeness (QED) is 0.736. The molecule has 3 aromatic rings. The van der Waals surface area contributed by atoms with Crippen LogP contribution in [0.1, 0.15) is 11.1 Å². The van der Waals surface area contributed by atoms with Gasteiger partial charge in [0.1, 0.15) is 5.82 Å². The number of sulfonamides is 1. The van der Waals surface area contributed by atoms with Gasteiger partial charge in [0, 0.05) is 30.7 Å². The number of halogens is 1. The normalized spacial score (nSPS) is 11.4. The van der Waals surface area contributed by atoms with Crippen LogP contribution in [0.15, 0.2) is 67.1 Å². The molecule has 1 aromatic carbocycles. The highest BCUT2D eigenvalue weighted by molar-refractivity contribution is 7.88. The Morgan fingerprint density at radius 2 is 1.72 bits per heavy atom. The number of aromatic nitrogens is 2. The van der Waals surface area contributed by atoms with Crippen molar-refractivity contribution in [3.05, 3.63) is 84.1 Å².